The molecular weight excluding hydrogens is 509 g/mol. The highest BCUT2D eigenvalue weighted by Crippen LogP contribution is 2.41. The number of hydrogen-bond acceptors (Lipinski definition) is 10. The zero-order chi connectivity index (χ0) is 23.9. The van der Waals surface area contributed by atoms with Crippen LogP contribution in [0.2, 0.25) is 5.02 Å². The van der Waals surface area contributed by atoms with E-state index in [1.165, 1.54) is 16.9 Å². The van der Waals surface area contributed by atoms with Gasteiger partial charge in [0, 0.05) is 10.3 Å². The summed E-state index contributed by atoms with van der Waals surface area (Å²) in [5.74, 6) is 0. The molecule has 1 aliphatic rings. The minimum atomic E-state index is -4.61. The van der Waals surface area contributed by atoms with E-state index in [0.29, 0.717) is 5.69 Å². The van der Waals surface area contributed by atoms with Gasteiger partial charge in [0.1, 0.15) is 41.2 Å². The monoisotopic (exact) mass is 524 g/mol. The van der Waals surface area contributed by atoms with Crippen LogP contribution in [0, 0.1) is 0 Å². The van der Waals surface area contributed by atoms with Gasteiger partial charge in [-0.2, -0.15) is 13.2 Å². The summed E-state index contributed by atoms with van der Waals surface area (Å²) in [5, 5.41) is 49.4. The van der Waals surface area contributed by atoms with E-state index in [9.17, 15) is 33.6 Å². The first-order valence-corrected chi connectivity index (χ1v) is 11.4. The van der Waals surface area contributed by atoms with Gasteiger partial charge in [-0.3, -0.25) is 0 Å². The Bertz CT molecular complexity index is 1130. The Morgan fingerprint density at radius 2 is 1.97 bits per heavy atom. The van der Waals surface area contributed by atoms with Gasteiger partial charge in [-0.1, -0.05) is 39.9 Å². The lowest BCUT2D eigenvalue weighted by atomic mass is 9.97. The molecule has 3 aromatic rings. The number of aromatic nitrogens is 4. The van der Waals surface area contributed by atoms with Crippen LogP contribution >= 0.6 is 34.7 Å². The number of nitrogens with zero attached hydrogens (tertiary/aromatic N) is 4. The van der Waals surface area contributed by atoms with Gasteiger partial charge in [0.15, 0.2) is 0 Å². The fourth-order valence-electron chi connectivity index (χ4n) is 3.33. The molecule has 2 aromatic heterocycles. The number of benzene rings is 1. The third-order valence-electron chi connectivity index (χ3n) is 4.92. The quantitative estimate of drug-likeness (QED) is 0.397. The molecule has 3 heterocycles. The second-order valence-corrected chi connectivity index (χ2v) is 9.47. The lowest BCUT2D eigenvalue weighted by molar-refractivity contribution is -0.178. The van der Waals surface area contributed by atoms with Crippen molar-refractivity contribution in [3.8, 4) is 16.6 Å². The van der Waals surface area contributed by atoms with Gasteiger partial charge < -0.3 is 25.2 Å². The largest absolute Gasteiger partial charge is 0.486 e. The lowest BCUT2D eigenvalue weighted by Crippen LogP contribution is -2.55. The molecule has 5 atom stereocenters. The first kappa shape index (κ1) is 24.2. The Balaban J connectivity index is 1.59. The van der Waals surface area contributed by atoms with Crippen molar-refractivity contribution < 1.29 is 38.3 Å². The molecule has 2 unspecified atom stereocenters. The molecule has 0 bridgehead atoms. The average molecular weight is 525 g/mol. The fraction of sp³-hybridized carbons (Fsp3) is 0.389. The van der Waals surface area contributed by atoms with Crippen LogP contribution in [0.25, 0.3) is 11.4 Å². The summed E-state index contributed by atoms with van der Waals surface area (Å²) in [6, 6.07) is 2.00. The van der Waals surface area contributed by atoms with E-state index in [0.717, 1.165) is 35.2 Å². The first-order valence-electron chi connectivity index (χ1n) is 9.31. The second kappa shape index (κ2) is 9.37. The van der Waals surface area contributed by atoms with Crippen LogP contribution in [-0.2, 0) is 10.9 Å². The molecular formula is C18H16ClF3N4O5S2. The molecule has 0 aliphatic carbocycles. The van der Waals surface area contributed by atoms with Crippen LogP contribution < -0.4 is 0 Å². The molecule has 0 radical (unpaired) electrons. The van der Waals surface area contributed by atoms with Crippen LogP contribution in [-0.4, -0.2) is 70.8 Å². The normalized spacial score (nSPS) is 26.0. The molecule has 4 N–H and O–H groups in total. The maximum absolute atomic E-state index is 13.0. The summed E-state index contributed by atoms with van der Waals surface area (Å²) in [4.78, 5) is 4.16. The Morgan fingerprint density at radius 3 is 2.58 bits per heavy atom. The summed E-state index contributed by atoms with van der Waals surface area (Å²) in [6.07, 6.45) is -7.10. The van der Waals surface area contributed by atoms with E-state index in [-0.39, 0.29) is 15.8 Å². The van der Waals surface area contributed by atoms with Crippen LogP contribution in [0.15, 0.2) is 34.7 Å². The van der Waals surface area contributed by atoms with Crippen molar-refractivity contribution in [3.63, 3.8) is 0 Å². The molecule has 1 fully saturated rings. The number of ether oxygens (including phenoxy) is 1. The van der Waals surface area contributed by atoms with Gasteiger partial charge in [-0.05, 0) is 18.2 Å². The van der Waals surface area contributed by atoms with E-state index in [4.69, 9.17) is 16.3 Å². The van der Waals surface area contributed by atoms with Crippen molar-refractivity contribution in [1.82, 2.24) is 20.0 Å². The minimum Gasteiger partial charge on any atom is -0.486 e. The van der Waals surface area contributed by atoms with Crippen LogP contribution in [0.5, 0.6) is 5.19 Å². The number of aliphatic hydroxyl groups excluding tert-OH is 3. The minimum absolute atomic E-state index is 0.169. The van der Waals surface area contributed by atoms with E-state index >= 15 is 0 Å². The Morgan fingerprint density at radius 1 is 1.21 bits per heavy atom. The second-order valence-electron chi connectivity index (χ2n) is 7.05. The SMILES string of the molecule is OCC1O[C@H](Sc2ccc(C(F)(F)F)c(Cl)c2)C(O)[C@@H](n2cc(-c3csc(O)n3)nn2)[C@H]1O. The molecule has 178 valence electrons. The third-order valence-corrected chi connectivity index (χ3v) is 7.02. The van der Waals surface area contributed by atoms with E-state index in [1.807, 2.05) is 0 Å². The third kappa shape index (κ3) is 4.96. The number of alkyl halides is 3. The summed E-state index contributed by atoms with van der Waals surface area (Å²) >= 11 is 7.64. The van der Waals surface area contributed by atoms with Crippen LogP contribution in [0.1, 0.15) is 11.6 Å². The molecule has 4 rings (SSSR count). The van der Waals surface area contributed by atoms with Gasteiger partial charge in [-0.15, -0.1) is 5.10 Å². The van der Waals surface area contributed by atoms with Gasteiger partial charge in [-0.25, -0.2) is 9.67 Å². The van der Waals surface area contributed by atoms with E-state index in [2.05, 4.69) is 15.3 Å². The number of halogens is 4. The molecule has 15 heteroatoms. The standard InChI is InChI=1S/C18H16ClF3N4O5S2/c19-9-3-7(1-2-8(9)18(20,21)22)33-16-15(29)13(14(28)12(5-27)31-16)26-4-10(24-25-26)11-6-32-17(30)23-11/h1-4,6,12-16,27-29H,5H2,(H,23,30)/t12?,13-,14-,15?,16+/m0/s1. The van der Waals surface area contributed by atoms with Crippen molar-refractivity contribution in [1.29, 1.82) is 0 Å². The zero-order valence-electron chi connectivity index (χ0n) is 16.3. The average Bonchev–Trinajstić information content (AvgIpc) is 3.38. The molecule has 1 saturated heterocycles. The van der Waals surface area contributed by atoms with E-state index < -0.39 is 53.2 Å². The Hall–Kier alpha value is -1.94. The number of rotatable bonds is 5. The number of aromatic hydroxyl groups is 1. The van der Waals surface area contributed by atoms with Crippen molar-refractivity contribution in [2.75, 3.05) is 6.61 Å². The fourth-order valence-corrected chi connectivity index (χ4v) is 5.33. The van der Waals surface area contributed by atoms with Gasteiger partial charge >= 0.3 is 6.18 Å². The smallest absolute Gasteiger partial charge is 0.417 e. The number of thiazole rings is 1. The highest BCUT2D eigenvalue weighted by atomic mass is 35.5. The van der Waals surface area contributed by atoms with E-state index in [1.54, 1.807) is 5.38 Å². The van der Waals surface area contributed by atoms with Crippen molar-refractivity contribution in [2.45, 2.75) is 40.9 Å². The Labute approximate surface area is 197 Å². The number of thioether (sulfide) groups is 1. The van der Waals surface area contributed by atoms with Gasteiger partial charge in [0.25, 0.3) is 5.19 Å². The van der Waals surface area contributed by atoms with Gasteiger partial charge in [0.05, 0.1) is 23.4 Å². The topological polar surface area (TPSA) is 134 Å². The summed E-state index contributed by atoms with van der Waals surface area (Å²) < 4.78 is 45.7. The molecule has 0 saturated carbocycles. The van der Waals surface area contributed by atoms with Crippen LogP contribution in [0.3, 0.4) is 0 Å². The summed E-state index contributed by atoms with van der Waals surface area (Å²) in [5.41, 5.74) is -1.47. The highest BCUT2D eigenvalue weighted by molar-refractivity contribution is 7.99. The molecule has 9 nitrogen and oxygen atoms in total. The van der Waals surface area contributed by atoms with Crippen molar-refractivity contribution >= 4 is 34.7 Å². The summed E-state index contributed by atoms with van der Waals surface area (Å²) in [7, 11) is 0. The molecule has 1 aromatic carbocycles. The Kier molecular flexibility index (Phi) is 6.87. The predicted octanol–water partition coefficient (Wildman–Crippen LogP) is 2.55. The zero-order valence-corrected chi connectivity index (χ0v) is 18.7. The van der Waals surface area contributed by atoms with Gasteiger partial charge in [0.2, 0.25) is 0 Å². The lowest BCUT2D eigenvalue weighted by Gasteiger charge is -2.41. The maximum atomic E-state index is 13.0. The van der Waals surface area contributed by atoms with Crippen molar-refractivity contribution in [3.05, 3.63) is 40.4 Å². The molecule has 0 spiro atoms. The highest BCUT2D eigenvalue weighted by Gasteiger charge is 2.46. The predicted molar refractivity (Wildman–Crippen MR) is 112 cm³/mol. The maximum Gasteiger partial charge on any atom is 0.417 e. The van der Waals surface area contributed by atoms with Crippen molar-refractivity contribution in [2.24, 2.45) is 0 Å². The first-order chi connectivity index (χ1) is 15.6. The van der Waals surface area contributed by atoms with Crippen LogP contribution in [0.4, 0.5) is 13.2 Å². The molecule has 0 amide bonds. The molecule has 1 aliphatic heterocycles. The number of aliphatic hydroxyl groups is 3. The number of hydrogen-bond donors (Lipinski definition) is 4. The summed E-state index contributed by atoms with van der Waals surface area (Å²) in [6.45, 7) is -0.587. The molecule has 33 heavy (non-hydrogen) atoms.